The van der Waals surface area contributed by atoms with Crippen LogP contribution in [0.5, 0.6) is 0 Å². The fourth-order valence-electron chi connectivity index (χ4n) is 1.94. The van der Waals surface area contributed by atoms with E-state index in [4.69, 9.17) is 0 Å². The van der Waals surface area contributed by atoms with Gasteiger partial charge in [-0.05, 0) is 42.4 Å². The lowest BCUT2D eigenvalue weighted by molar-refractivity contribution is -0.137. The molecule has 1 aromatic carbocycles. The minimum Gasteiger partial charge on any atom is -0.379 e. The Morgan fingerprint density at radius 2 is 2.37 bits per heavy atom. The largest absolute Gasteiger partial charge is 0.379 e. The van der Waals surface area contributed by atoms with Crippen LogP contribution in [-0.4, -0.2) is 34.7 Å². The van der Waals surface area contributed by atoms with Gasteiger partial charge < -0.3 is 10.4 Å². The van der Waals surface area contributed by atoms with Gasteiger partial charge in [0, 0.05) is 16.8 Å². The van der Waals surface area contributed by atoms with Crippen molar-refractivity contribution in [3.63, 3.8) is 0 Å². The molecule has 1 aliphatic heterocycles. The molecular weight excluding hydrogens is 333 g/mol. The van der Waals surface area contributed by atoms with Crippen LogP contribution >= 0.6 is 27.7 Å². The van der Waals surface area contributed by atoms with Gasteiger partial charge in [0.2, 0.25) is 0 Å². The highest BCUT2D eigenvalue weighted by molar-refractivity contribution is 9.10. The average Bonchev–Trinajstić information content (AvgIpc) is 2.82. The van der Waals surface area contributed by atoms with Crippen LogP contribution in [0.3, 0.4) is 0 Å². The molecule has 1 heterocycles. The first-order chi connectivity index (χ1) is 9.01. The molecule has 1 amide bonds. The maximum atomic E-state index is 13.5. The predicted octanol–water partition coefficient (Wildman–Crippen LogP) is 2.11. The van der Waals surface area contributed by atoms with Gasteiger partial charge in [-0.1, -0.05) is 15.9 Å². The maximum absolute atomic E-state index is 13.5. The third kappa shape index (κ3) is 3.70. The monoisotopic (exact) mass is 347 g/mol. The fraction of sp³-hybridized carbons (Fsp3) is 0.462. The maximum Gasteiger partial charge on any atom is 0.252 e. The summed E-state index contributed by atoms with van der Waals surface area (Å²) < 4.78 is 14.3. The number of halogens is 2. The van der Waals surface area contributed by atoms with Gasteiger partial charge in [0.05, 0.1) is 0 Å². The van der Waals surface area contributed by atoms with E-state index in [-0.39, 0.29) is 11.7 Å². The van der Waals surface area contributed by atoms with E-state index in [1.165, 1.54) is 6.07 Å². The van der Waals surface area contributed by atoms with Crippen LogP contribution in [0.25, 0.3) is 0 Å². The summed E-state index contributed by atoms with van der Waals surface area (Å²) >= 11 is 4.85. The van der Waals surface area contributed by atoms with Crippen molar-refractivity contribution in [1.29, 1.82) is 0 Å². The van der Waals surface area contributed by atoms with Crippen LogP contribution in [0.2, 0.25) is 0 Å². The van der Waals surface area contributed by atoms with E-state index in [0.717, 1.165) is 10.2 Å². The minimum absolute atomic E-state index is 0.285. The standard InChI is InChI=1S/C13H15BrFNO2S/c14-10-1-2-11(15)9(7-10)3-5-16-12(17)13(18)4-6-19-8-13/h1-2,7,18H,3-6,8H2,(H,16,17). The van der Waals surface area contributed by atoms with Crippen molar-refractivity contribution >= 4 is 33.6 Å². The Kier molecular flexibility index (Phi) is 4.86. The van der Waals surface area contributed by atoms with E-state index >= 15 is 0 Å². The Morgan fingerprint density at radius 3 is 3.05 bits per heavy atom. The van der Waals surface area contributed by atoms with E-state index in [9.17, 15) is 14.3 Å². The average molecular weight is 348 g/mol. The minimum atomic E-state index is -1.25. The second-order valence-electron chi connectivity index (χ2n) is 4.58. The third-order valence-corrected chi connectivity index (χ3v) is 4.78. The summed E-state index contributed by atoms with van der Waals surface area (Å²) in [5, 5.41) is 12.7. The van der Waals surface area contributed by atoms with E-state index in [2.05, 4.69) is 21.2 Å². The molecular formula is C13H15BrFNO2S. The van der Waals surface area contributed by atoms with Crippen molar-refractivity contribution in [1.82, 2.24) is 5.32 Å². The van der Waals surface area contributed by atoms with Crippen LogP contribution < -0.4 is 5.32 Å². The summed E-state index contributed by atoms with van der Waals surface area (Å²) in [6, 6.07) is 4.72. The van der Waals surface area contributed by atoms with Crippen LogP contribution in [0, 0.1) is 5.82 Å². The second kappa shape index (κ2) is 6.24. The van der Waals surface area contributed by atoms with Gasteiger partial charge in [-0.3, -0.25) is 4.79 Å². The summed E-state index contributed by atoms with van der Waals surface area (Å²) in [4.78, 5) is 11.8. The summed E-state index contributed by atoms with van der Waals surface area (Å²) in [5.41, 5.74) is -0.706. The van der Waals surface area contributed by atoms with Crippen LogP contribution in [0.1, 0.15) is 12.0 Å². The van der Waals surface area contributed by atoms with E-state index in [1.54, 1.807) is 23.9 Å². The Hall–Kier alpha value is -0.590. The second-order valence-corrected chi connectivity index (χ2v) is 6.60. The van der Waals surface area contributed by atoms with Crippen LogP contribution in [0.15, 0.2) is 22.7 Å². The molecule has 0 radical (unpaired) electrons. The van der Waals surface area contributed by atoms with E-state index < -0.39 is 5.60 Å². The lowest BCUT2D eigenvalue weighted by Gasteiger charge is -2.20. The quantitative estimate of drug-likeness (QED) is 0.876. The zero-order chi connectivity index (χ0) is 13.9. The van der Waals surface area contributed by atoms with Crippen LogP contribution in [-0.2, 0) is 11.2 Å². The molecule has 6 heteroatoms. The number of thioether (sulfide) groups is 1. The Morgan fingerprint density at radius 1 is 1.58 bits per heavy atom. The van der Waals surface area contributed by atoms with Gasteiger partial charge in [0.1, 0.15) is 5.82 Å². The van der Waals surface area contributed by atoms with Gasteiger partial charge in [0.25, 0.3) is 5.91 Å². The highest BCUT2D eigenvalue weighted by atomic mass is 79.9. The number of benzene rings is 1. The number of aliphatic hydroxyl groups is 1. The van der Waals surface area contributed by atoms with Crippen LogP contribution in [0.4, 0.5) is 4.39 Å². The molecule has 104 valence electrons. The summed E-state index contributed by atoms with van der Waals surface area (Å²) in [6.45, 7) is 0.319. The molecule has 1 saturated heterocycles. The topological polar surface area (TPSA) is 49.3 Å². The number of carbonyl (C=O) groups excluding carboxylic acids is 1. The number of carbonyl (C=O) groups is 1. The molecule has 0 aromatic heterocycles. The third-order valence-electron chi connectivity index (χ3n) is 3.11. The molecule has 0 aliphatic carbocycles. The zero-order valence-corrected chi connectivity index (χ0v) is 12.7. The van der Waals surface area contributed by atoms with Crippen molar-refractivity contribution in [2.75, 3.05) is 18.1 Å². The molecule has 0 spiro atoms. The molecule has 1 aliphatic rings. The van der Waals surface area contributed by atoms with Crippen molar-refractivity contribution < 1.29 is 14.3 Å². The normalized spacial score (nSPS) is 22.5. The molecule has 1 aromatic rings. The molecule has 2 rings (SSSR count). The Bertz CT molecular complexity index is 478. The summed E-state index contributed by atoms with van der Waals surface area (Å²) in [7, 11) is 0. The SMILES string of the molecule is O=C(NCCc1cc(Br)ccc1F)C1(O)CCSC1. The van der Waals surface area contributed by atoms with Gasteiger partial charge in [0.15, 0.2) is 5.60 Å². The molecule has 1 unspecified atom stereocenters. The Labute approximate surface area is 124 Å². The molecule has 19 heavy (non-hydrogen) atoms. The summed E-state index contributed by atoms with van der Waals surface area (Å²) in [6.07, 6.45) is 0.884. The zero-order valence-electron chi connectivity index (χ0n) is 10.3. The van der Waals surface area contributed by atoms with E-state index in [1.807, 2.05) is 0 Å². The van der Waals surface area contributed by atoms with E-state index in [0.29, 0.717) is 30.7 Å². The first-order valence-corrected chi connectivity index (χ1v) is 7.98. The highest BCUT2D eigenvalue weighted by Crippen LogP contribution is 2.27. The highest BCUT2D eigenvalue weighted by Gasteiger charge is 2.39. The van der Waals surface area contributed by atoms with Crippen molar-refractivity contribution in [3.8, 4) is 0 Å². The van der Waals surface area contributed by atoms with Crippen molar-refractivity contribution in [3.05, 3.63) is 34.1 Å². The smallest absolute Gasteiger partial charge is 0.252 e. The lowest BCUT2D eigenvalue weighted by Crippen LogP contribution is -2.47. The molecule has 1 fully saturated rings. The van der Waals surface area contributed by atoms with Gasteiger partial charge in [-0.25, -0.2) is 4.39 Å². The number of rotatable bonds is 4. The fourth-order valence-corrected chi connectivity index (χ4v) is 3.59. The number of nitrogens with one attached hydrogen (secondary N) is 1. The predicted molar refractivity (Wildman–Crippen MR) is 77.7 cm³/mol. The number of amides is 1. The first-order valence-electron chi connectivity index (χ1n) is 6.04. The van der Waals surface area contributed by atoms with Crippen molar-refractivity contribution in [2.45, 2.75) is 18.4 Å². The lowest BCUT2D eigenvalue weighted by atomic mass is 10.0. The van der Waals surface area contributed by atoms with Crippen molar-refractivity contribution in [2.24, 2.45) is 0 Å². The Balaban J connectivity index is 1.86. The van der Waals surface area contributed by atoms with Gasteiger partial charge in [-0.15, -0.1) is 0 Å². The van der Waals surface area contributed by atoms with Gasteiger partial charge in [-0.2, -0.15) is 11.8 Å². The number of hydrogen-bond acceptors (Lipinski definition) is 3. The van der Waals surface area contributed by atoms with Gasteiger partial charge >= 0.3 is 0 Å². The molecule has 0 saturated carbocycles. The number of hydrogen-bond donors (Lipinski definition) is 2. The molecule has 1 atom stereocenters. The molecule has 2 N–H and O–H groups in total. The molecule has 3 nitrogen and oxygen atoms in total. The summed E-state index contributed by atoms with van der Waals surface area (Å²) in [5.74, 6) is 0.592. The first kappa shape index (κ1) is 14.8. The molecule has 0 bridgehead atoms.